The van der Waals surface area contributed by atoms with E-state index in [0.717, 1.165) is 49.7 Å². The lowest BCUT2D eigenvalue weighted by molar-refractivity contribution is -0.140. The number of nitrogens with zero attached hydrogens (tertiary/aromatic N) is 1. The van der Waals surface area contributed by atoms with E-state index in [4.69, 9.17) is 27.8 Å². The molecule has 2 unspecified atom stereocenters. The van der Waals surface area contributed by atoms with Crippen molar-refractivity contribution >= 4 is 29.3 Å². The number of carbonyl (C=O) groups excluding carboxylic acids is 3. The summed E-state index contributed by atoms with van der Waals surface area (Å²) in [4.78, 5) is 37.9. The lowest BCUT2D eigenvalue weighted by atomic mass is 9.92. The summed E-state index contributed by atoms with van der Waals surface area (Å²) in [5.41, 5.74) is 12.9. The van der Waals surface area contributed by atoms with Gasteiger partial charge in [-0.3, -0.25) is 14.4 Å². The van der Waals surface area contributed by atoms with Crippen molar-refractivity contribution in [1.82, 2.24) is 4.90 Å². The largest absolute Gasteiger partial charge is 0.457 e. The number of primary amides is 2. The first-order valence-electron chi connectivity index (χ1n) is 12.9. The van der Waals surface area contributed by atoms with Crippen molar-refractivity contribution < 1.29 is 19.1 Å². The van der Waals surface area contributed by atoms with Crippen molar-refractivity contribution in [2.75, 3.05) is 0 Å². The van der Waals surface area contributed by atoms with Gasteiger partial charge in [-0.1, -0.05) is 48.7 Å². The van der Waals surface area contributed by atoms with E-state index in [1.807, 2.05) is 30.3 Å². The first kappa shape index (κ1) is 26.7. The fourth-order valence-corrected chi connectivity index (χ4v) is 5.05. The predicted octanol–water partition coefficient (Wildman–Crippen LogP) is 4.89. The van der Waals surface area contributed by atoms with Gasteiger partial charge >= 0.3 is 0 Å². The first-order chi connectivity index (χ1) is 17.8. The lowest BCUT2D eigenvalue weighted by Gasteiger charge is -2.35. The molecular weight excluding hydrogens is 490 g/mol. The Bertz CT molecular complexity index is 1180. The van der Waals surface area contributed by atoms with Gasteiger partial charge in [-0.05, 0) is 73.1 Å². The molecule has 0 bridgehead atoms. The monoisotopic (exact) mass is 523 g/mol. The Balaban J connectivity index is 1.24. The molecule has 2 aromatic carbocycles. The Kier molecular flexibility index (Phi) is 8.87. The molecule has 1 aliphatic carbocycles. The van der Waals surface area contributed by atoms with Gasteiger partial charge in [0, 0.05) is 30.3 Å². The molecule has 1 fully saturated rings. The number of halogens is 1. The molecule has 7 nitrogen and oxygen atoms in total. The summed E-state index contributed by atoms with van der Waals surface area (Å²) in [6.07, 6.45) is 10.6. The molecule has 0 radical (unpaired) electrons. The molecule has 3 atom stereocenters. The molecule has 1 heterocycles. The van der Waals surface area contributed by atoms with Gasteiger partial charge in [0.1, 0.15) is 17.5 Å². The second-order valence-corrected chi connectivity index (χ2v) is 10.4. The van der Waals surface area contributed by atoms with Crippen LogP contribution in [0, 0.1) is 11.8 Å². The van der Waals surface area contributed by atoms with E-state index in [0.29, 0.717) is 41.8 Å². The van der Waals surface area contributed by atoms with Crippen LogP contribution in [0.15, 0.2) is 54.6 Å². The Morgan fingerprint density at radius 1 is 0.973 bits per heavy atom. The second kappa shape index (κ2) is 12.3. The standard InChI is InChI=1S/C29H34ClN3O4/c30-22-9-7-10-23(17-22)37-24-13-12-20-18-33(26(29(32)36)16-21(20)14-24)27(34)11-6-4-2-1-3-5-8-19-15-25(19)28(31)35/h5,7-10,12-14,17,19,25-26H,1-4,6,11,15-16,18H2,(H2,31,35)(H2,32,36)/b8-5-/t19?,25-,26?/m0/s1. The molecule has 4 rings (SSSR count). The van der Waals surface area contributed by atoms with Gasteiger partial charge in [0.2, 0.25) is 17.7 Å². The van der Waals surface area contributed by atoms with Crippen LogP contribution in [0.1, 0.15) is 56.1 Å². The molecule has 37 heavy (non-hydrogen) atoms. The number of hydrogen-bond donors (Lipinski definition) is 2. The van der Waals surface area contributed by atoms with Crippen LogP contribution in [0.3, 0.4) is 0 Å². The Morgan fingerprint density at radius 3 is 2.49 bits per heavy atom. The second-order valence-electron chi connectivity index (χ2n) is 9.92. The molecule has 3 amide bonds. The van der Waals surface area contributed by atoms with Gasteiger partial charge in [-0.2, -0.15) is 0 Å². The quantitative estimate of drug-likeness (QED) is 0.304. The molecular formula is C29H34ClN3O4. The highest BCUT2D eigenvalue weighted by atomic mass is 35.5. The molecule has 0 aromatic heterocycles. The van der Waals surface area contributed by atoms with Gasteiger partial charge in [-0.15, -0.1) is 0 Å². The molecule has 1 saturated carbocycles. The summed E-state index contributed by atoms with van der Waals surface area (Å²) in [6, 6.07) is 12.2. The van der Waals surface area contributed by atoms with Crippen LogP contribution in [0.25, 0.3) is 0 Å². The van der Waals surface area contributed by atoms with Crippen molar-refractivity contribution in [3.63, 3.8) is 0 Å². The maximum Gasteiger partial charge on any atom is 0.240 e. The maximum atomic E-state index is 13.0. The zero-order valence-corrected chi connectivity index (χ0v) is 21.7. The van der Waals surface area contributed by atoms with Crippen LogP contribution >= 0.6 is 11.6 Å². The van der Waals surface area contributed by atoms with E-state index in [1.54, 1.807) is 17.0 Å². The third kappa shape index (κ3) is 7.35. The number of benzene rings is 2. The van der Waals surface area contributed by atoms with E-state index in [2.05, 4.69) is 12.2 Å². The molecule has 4 N–H and O–H groups in total. The zero-order valence-electron chi connectivity index (χ0n) is 20.9. The van der Waals surface area contributed by atoms with Crippen LogP contribution < -0.4 is 16.2 Å². The highest BCUT2D eigenvalue weighted by Crippen LogP contribution is 2.39. The number of allylic oxidation sites excluding steroid dienone is 2. The van der Waals surface area contributed by atoms with E-state index in [-0.39, 0.29) is 17.7 Å². The van der Waals surface area contributed by atoms with Gasteiger partial charge in [0.05, 0.1) is 0 Å². The van der Waals surface area contributed by atoms with Gasteiger partial charge in [0.15, 0.2) is 0 Å². The summed E-state index contributed by atoms with van der Waals surface area (Å²) < 4.78 is 5.92. The molecule has 0 saturated heterocycles. The van der Waals surface area contributed by atoms with Crippen LogP contribution in [0.4, 0.5) is 0 Å². The highest BCUT2D eigenvalue weighted by molar-refractivity contribution is 6.30. The zero-order chi connectivity index (χ0) is 26.4. The Morgan fingerprint density at radius 2 is 1.76 bits per heavy atom. The average Bonchev–Trinajstić information content (AvgIpc) is 3.64. The average molecular weight is 524 g/mol. The maximum absolute atomic E-state index is 13.0. The van der Waals surface area contributed by atoms with Crippen molar-refractivity contribution in [2.24, 2.45) is 23.3 Å². The Hall–Kier alpha value is -3.32. The third-order valence-corrected chi connectivity index (χ3v) is 7.32. The summed E-state index contributed by atoms with van der Waals surface area (Å²) in [5, 5.41) is 0.587. The fraction of sp³-hybridized carbons (Fsp3) is 0.414. The smallest absolute Gasteiger partial charge is 0.240 e. The summed E-state index contributed by atoms with van der Waals surface area (Å²) in [7, 11) is 0. The number of rotatable bonds is 12. The third-order valence-electron chi connectivity index (χ3n) is 7.09. The van der Waals surface area contributed by atoms with Gasteiger partial charge < -0.3 is 21.1 Å². The minimum atomic E-state index is -0.668. The fourth-order valence-electron chi connectivity index (χ4n) is 4.87. The van der Waals surface area contributed by atoms with Crippen LogP contribution in [0.2, 0.25) is 5.02 Å². The van der Waals surface area contributed by atoms with E-state index < -0.39 is 11.9 Å². The normalized spacial score (nSPS) is 20.5. The number of nitrogens with two attached hydrogens (primary N) is 2. The van der Waals surface area contributed by atoms with Gasteiger partial charge in [0.25, 0.3) is 0 Å². The van der Waals surface area contributed by atoms with Crippen molar-refractivity contribution in [3.8, 4) is 11.5 Å². The van der Waals surface area contributed by atoms with Crippen LogP contribution in [-0.4, -0.2) is 28.7 Å². The van der Waals surface area contributed by atoms with Crippen LogP contribution in [0.5, 0.6) is 11.5 Å². The number of amides is 3. The topological polar surface area (TPSA) is 116 Å². The number of hydrogen-bond acceptors (Lipinski definition) is 4. The SMILES string of the molecule is NC(=O)C1Cc2cc(Oc3cccc(Cl)c3)ccc2CN1C(=O)CCCCCC/C=C\C1C[C@@H]1C(N)=O. The summed E-state index contributed by atoms with van der Waals surface area (Å²) in [6.45, 7) is 0.359. The minimum absolute atomic E-state index is 0.0255. The molecule has 2 aliphatic rings. The first-order valence-corrected chi connectivity index (χ1v) is 13.3. The molecule has 0 spiro atoms. The Labute approximate surface area is 222 Å². The minimum Gasteiger partial charge on any atom is -0.457 e. The number of unbranched alkanes of at least 4 members (excludes halogenated alkanes) is 4. The predicted molar refractivity (Wildman–Crippen MR) is 143 cm³/mol. The highest BCUT2D eigenvalue weighted by Gasteiger charge is 2.39. The van der Waals surface area contributed by atoms with E-state index in [1.165, 1.54) is 0 Å². The number of fused-ring (bicyclic) bond motifs is 1. The summed E-state index contributed by atoms with van der Waals surface area (Å²) in [5.74, 6) is 0.872. The molecule has 2 aromatic rings. The number of carbonyl (C=O) groups is 3. The van der Waals surface area contributed by atoms with E-state index >= 15 is 0 Å². The van der Waals surface area contributed by atoms with Crippen LogP contribution in [-0.2, 0) is 27.3 Å². The molecule has 1 aliphatic heterocycles. The van der Waals surface area contributed by atoms with Crippen molar-refractivity contribution in [3.05, 3.63) is 70.8 Å². The van der Waals surface area contributed by atoms with E-state index in [9.17, 15) is 14.4 Å². The lowest BCUT2D eigenvalue weighted by Crippen LogP contribution is -2.51. The molecule has 196 valence electrons. The molecule has 8 heteroatoms. The van der Waals surface area contributed by atoms with Crippen molar-refractivity contribution in [2.45, 2.75) is 64.0 Å². The number of ether oxygens (including phenoxy) is 1. The van der Waals surface area contributed by atoms with Crippen molar-refractivity contribution in [1.29, 1.82) is 0 Å². The van der Waals surface area contributed by atoms with Gasteiger partial charge in [-0.25, -0.2) is 0 Å². The summed E-state index contributed by atoms with van der Waals surface area (Å²) >= 11 is 6.04.